The first-order chi connectivity index (χ1) is 5.29. The lowest BCUT2D eigenvalue weighted by atomic mass is 10.1. The summed E-state index contributed by atoms with van der Waals surface area (Å²) < 4.78 is 0. The molecular formula is C7H5ClN3. The molecule has 55 valence electrons. The van der Waals surface area contributed by atoms with Gasteiger partial charge in [-0.3, -0.25) is 5.73 Å². The Morgan fingerprint density at radius 3 is 2.82 bits per heavy atom. The molecular weight excluding hydrogens is 162 g/mol. The van der Waals surface area contributed by atoms with Gasteiger partial charge < -0.3 is 0 Å². The van der Waals surface area contributed by atoms with Crippen LogP contribution < -0.4 is 5.73 Å². The average molecular weight is 167 g/mol. The Bertz CT molecular complexity index is 321. The second-order valence-corrected chi connectivity index (χ2v) is 2.63. The molecule has 1 heterocycles. The van der Waals surface area contributed by atoms with Gasteiger partial charge in [0.2, 0.25) is 6.17 Å². The lowest BCUT2D eigenvalue weighted by molar-refractivity contribution is 1.02. The monoisotopic (exact) mass is 166 g/mol. The maximum atomic E-state index is 5.81. The van der Waals surface area contributed by atoms with Crippen LogP contribution in [0.15, 0.2) is 28.4 Å². The van der Waals surface area contributed by atoms with E-state index in [1.54, 1.807) is 6.07 Å². The van der Waals surface area contributed by atoms with E-state index in [0.29, 0.717) is 16.9 Å². The van der Waals surface area contributed by atoms with E-state index in [9.17, 15) is 0 Å². The molecule has 0 bridgehead atoms. The largest absolute Gasteiger partial charge is 0.298 e. The van der Waals surface area contributed by atoms with Crippen molar-refractivity contribution in [1.29, 1.82) is 0 Å². The first-order valence-electron chi connectivity index (χ1n) is 3.12. The van der Waals surface area contributed by atoms with E-state index in [1.807, 2.05) is 12.1 Å². The van der Waals surface area contributed by atoms with Crippen LogP contribution in [-0.4, -0.2) is 0 Å². The Labute approximate surface area is 68.9 Å². The number of halogens is 1. The van der Waals surface area contributed by atoms with Gasteiger partial charge in [-0.2, -0.15) is 10.2 Å². The number of nitrogens with zero attached hydrogens (tertiary/aromatic N) is 2. The summed E-state index contributed by atoms with van der Waals surface area (Å²) in [4.78, 5) is 0. The number of hydrogen-bond donors (Lipinski definition) is 1. The Hall–Kier alpha value is -0.930. The minimum atomic E-state index is 0.433. The molecule has 0 aliphatic carbocycles. The zero-order valence-corrected chi connectivity index (χ0v) is 6.34. The second-order valence-electron chi connectivity index (χ2n) is 2.22. The van der Waals surface area contributed by atoms with Crippen molar-refractivity contribution in [3.63, 3.8) is 0 Å². The van der Waals surface area contributed by atoms with Crippen LogP contribution in [0.3, 0.4) is 0 Å². The summed E-state index contributed by atoms with van der Waals surface area (Å²) in [5, 5.41) is 8.10. The smallest absolute Gasteiger partial charge is 0.202 e. The summed E-state index contributed by atoms with van der Waals surface area (Å²) in [5.41, 5.74) is 7.00. The molecule has 2 N–H and O–H groups in total. The van der Waals surface area contributed by atoms with Crippen molar-refractivity contribution in [2.24, 2.45) is 16.0 Å². The van der Waals surface area contributed by atoms with Crippen LogP contribution in [0, 0.1) is 6.17 Å². The van der Waals surface area contributed by atoms with Gasteiger partial charge in [-0.25, -0.2) is 0 Å². The van der Waals surface area contributed by atoms with Crippen LogP contribution in [-0.2, 0) is 0 Å². The quantitative estimate of drug-likeness (QED) is 0.631. The molecule has 1 aliphatic rings. The minimum Gasteiger partial charge on any atom is -0.298 e. The molecule has 3 nitrogen and oxygen atoms in total. The summed E-state index contributed by atoms with van der Waals surface area (Å²) in [6.07, 6.45) is 0.433. The van der Waals surface area contributed by atoms with E-state index >= 15 is 0 Å². The molecule has 11 heavy (non-hydrogen) atoms. The van der Waals surface area contributed by atoms with Gasteiger partial charge in [0.05, 0.1) is 5.02 Å². The fourth-order valence-corrected chi connectivity index (χ4v) is 1.19. The predicted molar refractivity (Wildman–Crippen MR) is 42.5 cm³/mol. The molecule has 1 aromatic carbocycles. The van der Waals surface area contributed by atoms with E-state index in [4.69, 9.17) is 17.3 Å². The van der Waals surface area contributed by atoms with E-state index in [2.05, 4.69) is 10.2 Å². The first-order valence-corrected chi connectivity index (χ1v) is 3.50. The minimum absolute atomic E-state index is 0.433. The fourth-order valence-electron chi connectivity index (χ4n) is 0.981. The van der Waals surface area contributed by atoms with E-state index < -0.39 is 0 Å². The number of nitrogens with two attached hydrogens (primary N) is 1. The van der Waals surface area contributed by atoms with Crippen molar-refractivity contribution in [3.8, 4) is 0 Å². The molecule has 0 aromatic heterocycles. The Morgan fingerprint density at radius 2 is 2.09 bits per heavy atom. The predicted octanol–water partition coefficient (Wildman–Crippen LogP) is 2.23. The zero-order valence-electron chi connectivity index (χ0n) is 5.58. The molecule has 0 atom stereocenters. The summed E-state index contributed by atoms with van der Waals surface area (Å²) >= 11 is 5.81. The number of hydrogen-bond acceptors (Lipinski definition) is 3. The fraction of sp³-hybridized carbons (Fsp3) is 0. The highest BCUT2D eigenvalue weighted by Gasteiger charge is 2.19. The SMILES string of the molecule is N[C]1N=Nc2c(Cl)cccc21. The van der Waals surface area contributed by atoms with E-state index in [-0.39, 0.29) is 0 Å². The zero-order chi connectivity index (χ0) is 7.84. The molecule has 0 saturated heterocycles. The van der Waals surface area contributed by atoms with Crippen LogP contribution in [0.4, 0.5) is 5.69 Å². The standard InChI is InChI=1S/C7H5ClN3/c8-5-3-1-2-4-6(5)10-11-7(4)9/h1-3H,9H2. The highest BCUT2D eigenvalue weighted by atomic mass is 35.5. The second kappa shape index (κ2) is 2.29. The molecule has 0 unspecified atom stereocenters. The Kier molecular flexibility index (Phi) is 1.41. The van der Waals surface area contributed by atoms with Gasteiger partial charge in [0.25, 0.3) is 0 Å². The summed E-state index contributed by atoms with van der Waals surface area (Å²) in [6, 6.07) is 5.43. The maximum absolute atomic E-state index is 5.81. The first kappa shape index (κ1) is 6.76. The number of benzene rings is 1. The maximum Gasteiger partial charge on any atom is 0.202 e. The summed E-state index contributed by atoms with van der Waals surface area (Å²) in [7, 11) is 0. The van der Waals surface area contributed by atoms with Crippen molar-refractivity contribution >= 4 is 17.3 Å². The van der Waals surface area contributed by atoms with Crippen LogP contribution in [0.2, 0.25) is 5.02 Å². The van der Waals surface area contributed by atoms with Gasteiger partial charge in [0.1, 0.15) is 5.69 Å². The number of rotatable bonds is 0. The van der Waals surface area contributed by atoms with Crippen molar-refractivity contribution in [3.05, 3.63) is 35.0 Å². The number of azo groups is 1. The molecule has 0 spiro atoms. The van der Waals surface area contributed by atoms with Gasteiger partial charge in [0.15, 0.2) is 0 Å². The highest BCUT2D eigenvalue weighted by molar-refractivity contribution is 6.33. The normalized spacial score (nSPS) is 15.5. The number of fused-ring (bicyclic) bond motifs is 1. The molecule has 1 aliphatic heterocycles. The highest BCUT2D eigenvalue weighted by Crippen LogP contribution is 2.37. The van der Waals surface area contributed by atoms with Gasteiger partial charge in [-0.05, 0) is 6.07 Å². The van der Waals surface area contributed by atoms with Crippen molar-refractivity contribution < 1.29 is 0 Å². The lowest BCUT2D eigenvalue weighted by Gasteiger charge is -1.98. The topological polar surface area (TPSA) is 50.7 Å². The molecule has 0 fully saturated rings. The third kappa shape index (κ3) is 0.931. The third-order valence-electron chi connectivity index (χ3n) is 1.52. The molecule has 1 aromatic rings. The van der Waals surface area contributed by atoms with E-state index in [1.165, 1.54) is 0 Å². The summed E-state index contributed by atoms with van der Waals surface area (Å²) in [5.74, 6) is 0. The van der Waals surface area contributed by atoms with Gasteiger partial charge >= 0.3 is 0 Å². The Balaban J connectivity index is 2.65. The molecule has 0 saturated carbocycles. The molecule has 0 amide bonds. The van der Waals surface area contributed by atoms with Crippen molar-refractivity contribution in [2.45, 2.75) is 0 Å². The van der Waals surface area contributed by atoms with Crippen LogP contribution in [0.1, 0.15) is 5.56 Å². The average Bonchev–Trinajstić information content (AvgIpc) is 2.35. The van der Waals surface area contributed by atoms with Crippen LogP contribution in [0.25, 0.3) is 0 Å². The third-order valence-corrected chi connectivity index (χ3v) is 1.83. The molecule has 4 heteroatoms. The van der Waals surface area contributed by atoms with E-state index in [0.717, 1.165) is 5.56 Å². The van der Waals surface area contributed by atoms with Gasteiger partial charge in [-0.1, -0.05) is 23.7 Å². The summed E-state index contributed by atoms with van der Waals surface area (Å²) in [6.45, 7) is 0. The van der Waals surface area contributed by atoms with Gasteiger partial charge in [0, 0.05) is 5.56 Å². The van der Waals surface area contributed by atoms with Crippen LogP contribution >= 0.6 is 11.6 Å². The molecule has 1 radical (unpaired) electrons. The van der Waals surface area contributed by atoms with Crippen molar-refractivity contribution in [2.75, 3.05) is 0 Å². The van der Waals surface area contributed by atoms with Crippen molar-refractivity contribution in [1.82, 2.24) is 0 Å². The Morgan fingerprint density at radius 1 is 1.27 bits per heavy atom. The molecule has 2 rings (SSSR count). The lowest BCUT2D eigenvalue weighted by Crippen LogP contribution is -2.04. The van der Waals surface area contributed by atoms with Gasteiger partial charge in [-0.15, -0.1) is 0 Å². The van der Waals surface area contributed by atoms with Crippen LogP contribution in [0.5, 0.6) is 0 Å².